The first-order chi connectivity index (χ1) is 13.7. The molecule has 6 nitrogen and oxygen atoms in total. The van der Waals surface area contributed by atoms with Crippen LogP contribution in [0.25, 0.3) is 22.2 Å². The summed E-state index contributed by atoms with van der Waals surface area (Å²) >= 11 is 1.44. The van der Waals surface area contributed by atoms with Gasteiger partial charge < -0.3 is 14.6 Å². The van der Waals surface area contributed by atoms with E-state index in [2.05, 4.69) is 15.5 Å². The van der Waals surface area contributed by atoms with Crippen LogP contribution in [0, 0.1) is 0 Å². The number of carbonyl (C=O) groups excluding carboxylic acids is 1. The van der Waals surface area contributed by atoms with Crippen molar-refractivity contribution in [2.75, 3.05) is 12.4 Å². The first-order valence-electron chi connectivity index (χ1n) is 8.63. The number of hydrogen-bond donors (Lipinski definition) is 1. The van der Waals surface area contributed by atoms with Gasteiger partial charge in [0, 0.05) is 5.56 Å². The Hall–Kier alpha value is -3.45. The van der Waals surface area contributed by atoms with Crippen LogP contribution in [0.1, 0.15) is 5.56 Å². The molecule has 0 bridgehead atoms. The number of anilines is 1. The number of nitrogens with zero attached hydrogens (tertiary/aromatic N) is 2. The molecule has 28 heavy (non-hydrogen) atoms. The molecule has 4 rings (SSSR count). The monoisotopic (exact) mass is 391 g/mol. The Labute approximate surface area is 165 Å². The van der Waals surface area contributed by atoms with Crippen molar-refractivity contribution in [3.05, 3.63) is 71.6 Å². The normalized spacial score (nSPS) is 10.6. The van der Waals surface area contributed by atoms with Crippen molar-refractivity contribution in [3.8, 4) is 27.9 Å². The minimum absolute atomic E-state index is 0.118. The molecule has 0 aliphatic rings. The van der Waals surface area contributed by atoms with E-state index in [-0.39, 0.29) is 12.3 Å². The van der Waals surface area contributed by atoms with Gasteiger partial charge in [-0.25, -0.2) is 0 Å². The molecule has 0 unspecified atom stereocenters. The Kier molecular flexibility index (Phi) is 5.16. The number of nitrogens with one attached hydrogen (secondary N) is 1. The molecular formula is C21H17N3O3S. The molecule has 2 heterocycles. The van der Waals surface area contributed by atoms with Gasteiger partial charge in [-0.15, -0.1) is 11.3 Å². The van der Waals surface area contributed by atoms with Crippen molar-refractivity contribution in [3.63, 3.8) is 0 Å². The highest BCUT2D eigenvalue weighted by atomic mass is 32.1. The Morgan fingerprint density at radius 3 is 2.64 bits per heavy atom. The van der Waals surface area contributed by atoms with Crippen molar-refractivity contribution >= 4 is 22.9 Å². The van der Waals surface area contributed by atoms with E-state index >= 15 is 0 Å². The van der Waals surface area contributed by atoms with Crippen LogP contribution in [0.2, 0.25) is 0 Å². The number of aromatic nitrogens is 2. The molecule has 0 atom stereocenters. The summed E-state index contributed by atoms with van der Waals surface area (Å²) in [5.41, 5.74) is 2.44. The zero-order valence-electron chi connectivity index (χ0n) is 15.1. The van der Waals surface area contributed by atoms with Gasteiger partial charge in [0.15, 0.2) is 0 Å². The molecular weight excluding hydrogens is 374 g/mol. The van der Waals surface area contributed by atoms with E-state index in [0.717, 1.165) is 21.8 Å². The minimum atomic E-state index is -0.118. The molecule has 0 saturated carbocycles. The molecule has 1 N–H and O–H groups in total. The summed E-state index contributed by atoms with van der Waals surface area (Å²) in [7, 11) is 1.61. The summed E-state index contributed by atoms with van der Waals surface area (Å²) in [6, 6.07) is 18.8. The Morgan fingerprint density at radius 1 is 1.11 bits per heavy atom. The lowest BCUT2D eigenvalue weighted by atomic mass is 10.1. The van der Waals surface area contributed by atoms with E-state index in [1.165, 1.54) is 11.3 Å². The van der Waals surface area contributed by atoms with Gasteiger partial charge in [-0.3, -0.25) is 4.79 Å². The summed E-state index contributed by atoms with van der Waals surface area (Å²) in [4.78, 5) is 17.6. The number of benzene rings is 2. The lowest BCUT2D eigenvalue weighted by Crippen LogP contribution is -2.14. The van der Waals surface area contributed by atoms with E-state index < -0.39 is 0 Å². The zero-order chi connectivity index (χ0) is 19.3. The number of carbonyl (C=O) groups is 1. The van der Waals surface area contributed by atoms with Crippen LogP contribution >= 0.6 is 11.3 Å². The number of amides is 1. The number of ether oxygens (including phenoxy) is 1. The average molecular weight is 391 g/mol. The van der Waals surface area contributed by atoms with Crippen LogP contribution in [0.5, 0.6) is 5.75 Å². The summed E-state index contributed by atoms with van der Waals surface area (Å²) in [5, 5.41) is 8.85. The molecule has 0 aliphatic carbocycles. The first kappa shape index (κ1) is 17.9. The van der Waals surface area contributed by atoms with Crippen molar-refractivity contribution < 1.29 is 14.1 Å². The maximum absolute atomic E-state index is 12.4. The molecule has 2 aromatic heterocycles. The van der Waals surface area contributed by atoms with E-state index in [1.54, 1.807) is 7.11 Å². The third kappa shape index (κ3) is 3.94. The molecule has 2 aromatic carbocycles. The summed E-state index contributed by atoms with van der Waals surface area (Å²) < 4.78 is 10.5. The maximum atomic E-state index is 12.4. The third-order valence-electron chi connectivity index (χ3n) is 4.12. The van der Waals surface area contributed by atoms with E-state index in [1.807, 2.05) is 66.0 Å². The second-order valence-electron chi connectivity index (χ2n) is 6.03. The van der Waals surface area contributed by atoms with Gasteiger partial charge in [0.05, 0.1) is 19.2 Å². The van der Waals surface area contributed by atoms with E-state index in [9.17, 15) is 4.79 Å². The highest BCUT2D eigenvalue weighted by Crippen LogP contribution is 2.33. The van der Waals surface area contributed by atoms with Crippen molar-refractivity contribution in [2.45, 2.75) is 6.42 Å². The fourth-order valence-corrected chi connectivity index (χ4v) is 3.49. The SMILES string of the molecule is COc1ccc(CC(=O)Nc2ccsc2-c2nc(-c3ccccc3)no2)cc1. The third-order valence-corrected chi connectivity index (χ3v) is 5.02. The van der Waals surface area contributed by atoms with Crippen molar-refractivity contribution in [2.24, 2.45) is 0 Å². The average Bonchev–Trinajstić information content (AvgIpc) is 3.38. The zero-order valence-corrected chi connectivity index (χ0v) is 15.9. The predicted octanol–water partition coefficient (Wildman–Crippen LogP) is 4.65. The van der Waals surface area contributed by atoms with Gasteiger partial charge >= 0.3 is 0 Å². The Bertz CT molecular complexity index is 1070. The lowest BCUT2D eigenvalue weighted by Gasteiger charge is -2.06. The second-order valence-corrected chi connectivity index (χ2v) is 6.94. The number of thiophene rings is 1. The summed E-state index contributed by atoms with van der Waals surface area (Å²) in [5.74, 6) is 1.54. The van der Waals surface area contributed by atoms with Gasteiger partial charge in [-0.1, -0.05) is 47.6 Å². The standard InChI is InChI=1S/C21H17N3O3S/c1-26-16-9-7-14(8-10-16)13-18(25)22-17-11-12-28-19(17)21-23-20(24-27-21)15-5-3-2-4-6-15/h2-12H,13H2,1H3,(H,22,25). The Balaban J connectivity index is 1.48. The van der Waals surface area contributed by atoms with Crippen molar-refractivity contribution in [1.29, 1.82) is 0 Å². The fraction of sp³-hybridized carbons (Fsp3) is 0.0952. The van der Waals surface area contributed by atoms with Crippen LogP contribution in [0.4, 0.5) is 5.69 Å². The number of hydrogen-bond acceptors (Lipinski definition) is 6. The minimum Gasteiger partial charge on any atom is -0.497 e. The molecule has 0 radical (unpaired) electrons. The summed E-state index contributed by atoms with van der Waals surface area (Å²) in [6.45, 7) is 0. The fourth-order valence-electron chi connectivity index (χ4n) is 2.72. The topological polar surface area (TPSA) is 77.2 Å². The highest BCUT2D eigenvalue weighted by Gasteiger charge is 2.17. The van der Waals surface area contributed by atoms with Gasteiger partial charge in [0.25, 0.3) is 5.89 Å². The van der Waals surface area contributed by atoms with Crippen LogP contribution in [-0.4, -0.2) is 23.2 Å². The van der Waals surface area contributed by atoms with Crippen LogP contribution in [-0.2, 0) is 11.2 Å². The lowest BCUT2D eigenvalue weighted by molar-refractivity contribution is -0.115. The van der Waals surface area contributed by atoms with Gasteiger partial charge in [-0.2, -0.15) is 4.98 Å². The number of methoxy groups -OCH3 is 1. The highest BCUT2D eigenvalue weighted by molar-refractivity contribution is 7.14. The predicted molar refractivity (Wildman–Crippen MR) is 108 cm³/mol. The van der Waals surface area contributed by atoms with Gasteiger partial charge in [-0.05, 0) is 29.1 Å². The molecule has 4 aromatic rings. The van der Waals surface area contributed by atoms with Crippen molar-refractivity contribution in [1.82, 2.24) is 10.1 Å². The molecule has 1 amide bonds. The van der Waals surface area contributed by atoms with E-state index in [0.29, 0.717) is 17.4 Å². The molecule has 0 spiro atoms. The molecule has 140 valence electrons. The second kappa shape index (κ2) is 8.06. The summed E-state index contributed by atoms with van der Waals surface area (Å²) in [6.07, 6.45) is 0.262. The molecule has 0 fully saturated rings. The number of rotatable bonds is 6. The Morgan fingerprint density at radius 2 is 1.89 bits per heavy atom. The first-order valence-corrected chi connectivity index (χ1v) is 9.50. The van der Waals surface area contributed by atoms with Gasteiger partial charge in [0.1, 0.15) is 10.6 Å². The van der Waals surface area contributed by atoms with Gasteiger partial charge in [0.2, 0.25) is 11.7 Å². The molecule has 0 aliphatic heterocycles. The smallest absolute Gasteiger partial charge is 0.270 e. The van der Waals surface area contributed by atoms with E-state index in [4.69, 9.17) is 9.26 Å². The quantitative estimate of drug-likeness (QED) is 0.517. The largest absolute Gasteiger partial charge is 0.497 e. The van der Waals surface area contributed by atoms with Crippen LogP contribution in [0.3, 0.4) is 0 Å². The van der Waals surface area contributed by atoms with Crippen LogP contribution < -0.4 is 10.1 Å². The van der Waals surface area contributed by atoms with Crippen LogP contribution in [0.15, 0.2) is 70.6 Å². The maximum Gasteiger partial charge on any atom is 0.270 e. The molecule has 7 heteroatoms. The molecule has 0 saturated heterocycles.